The predicted molar refractivity (Wildman–Crippen MR) is 113 cm³/mol. The van der Waals surface area contributed by atoms with Gasteiger partial charge in [-0.3, -0.25) is 4.79 Å². The molecule has 0 aliphatic rings. The molecule has 1 aromatic heterocycles. The van der Waals surface area contributed by atoms with Gasteiger partial charge in [-0.2, -0.15) is 0 Å². The van der Waals surface area contributed by atoms with Crippen LogP contribution in [0.3, 0.4) is 0 Å². The molecule has 8 nitrogen and oxygen atoms in total. The van der Waals surface area contributed by atoms with E-state index in [0.717, 1.165) is 5.56 Å². The van der Waals surface area contributed by atoms with E-state index in [1.807, 2.05) is 24.3 Å². The van der Waals surface area contributed by atoms with Crippen molar-refractivity contribution < 1.29 is 27.5 Å². The zero-order valence-corrected chi connectivity index (χ0v) is 18.2. The molecule has 1 heterocycles. The SMILES string of the molecule is CCS(=O)(=O)CCC(NC(=O)CCc1ncc(-c2ccc(C(C)C)cc2)o1)C(=O)O. The van der Waals surface area contributed by atoms with Crippen molar-refractivity contribution in [2.75, 3.05) is 11.5 Å². The number of carbonyl (C=O) groups is 2. The number of sulfone groups is 1. The average Bonchev–Trinajstić information content (AvgIpc) is 3.18. The van der Waals surface area contributed by atoms with Crippen LogP contribution in [0.15, 0.2) is 34.9 Å². The minimum atomic E-state index is -3.31. The summed E-state index contributed by atoms with van der Waals surface area (Å²) in [5.41, 5.74) is 2.10. The number of carbonyl (C=O) groups excluding carboxylic acids is 1. The van der Waals surface area contributed by atoms with E-state index in [1.165, 1.54) is 12.5 Å². The maximum absolute atomic E-state index is 12.1. The standard InChI is InChI=1S/C21H28N2O6S/c1-4-30(27,28)12-11-17(21(25)26)23-19(24)9-10-20-22-13-18(29-20)16-7-5-15(6-8-16)14(2)3/h5-8,13-14,17H,4,9-12H2,1-3H3,(H,23,24)(H,25,26). The van der Waals surface area contributed by atoms with Crippen LogP contribution in [-0.4, -0.2) is 47.9 Å². The van der Waals surface area contributed by atoms with Gasteiger partial charge in [0.15, 0.2) is 11.7 Å². The van der Waals surface area contributed by atoms with E-state index in [9.17, 15) is 23.1 Å². The van der Waals surface area contributed by atoms with Crippen LogP contribution >= 0.6 is 0 Å². The van der Waals surface area contributed by atoms with E-state index in [-0.39, 0.29) is 30.8 Å². The van der Waals surface area contributed by atoms with E-state index in [1.54, 1.807) is 6.20 Å². The fourth-order valence-corrected chi connectivity index (χ4v) is 3.66. The van der Waals surface area contributed by atoms with Crippen molar-refractivity contribution in [3.63, 3.8) is 0 Å². The Hall–Kier alpha value is -2.68. The van der Waals surface area contributed by atoms with Gasteiger partial charge in [-0.1, -0.05) is 45.0 Å². The number of carboxylic acids is 1. The zero-order valence-electron chi connectivity index (χ0n) is 17.4. The number of aromatic nitrogens is 1. The number of aryl methyl sites for hydroxylation is 1. The van der Waals surface area contributed by atoms with Crippen LogP contribution in [0.5, 0.6) is 0 Å². The minimum Gasteiger partial charge on any atom is -0.480 e. The molecular formula is C21H28N2O6S. The monoisotopic (exact) mass is 436 g/mol. The molecule has 2 N–H and O–H groups in total. The van der Waals surface area contributed by atoms with Crippen LogP contribution in [0, 0.1) is 0 Å². The molecule has 164 valence electrons. The molecule has 1 aromatic carbocycles. The Labute approximate surface area is 176 Å². The first-order chi connectivity index (χ1) is 14.1. The van der Waals surface area contributed by atoms with Gasteiger partial charge in [0, 0.05) is 24.2 Å². The largest absolute Gasteiger partial charge is 0.480 e. The third-order valence-corrected chi connectivity index (χ3v) is 6.51. The zero-order chi connectivity index (χ0) is 22.3. The summed E-state index contributed by atoms with van der Waals surface area (Å²) in [6.45, 7) is 5.72. The molecule has 0 aliphatic heterocycles. The van der Waals surface area contributed by atoms with E-state index < -0.39 is 27.8 Å². The Morgan fingerprint density at radius 1 is 1.20 bits per heavy atom. The van der Waals surface area contributed by atoms with Crippen molar-refractivity contribution in [2.24, 2.45) is 0 Å². The molecule has 0 saturated carbocycles. The molecule has 1 atom stereocenters. The number of amides is 1. The number of oxazole rings is 1. The van der Waals surface area contributed by atoms with Crippen LogP contribution in [-0.2, 0) is 25.8 Å². The normalized spacial score (nSPS) is 12.7. The van der Waals surface area contributed by atoms with Gasteiger partial charge in [-0.05, 0) is 17.9 Å². The van der Waals surface area contributed by atoms with Gasteiger partial charge >= 0.3 is 5.97 Å². The topological polar surface area (TPSA) is 127 Å². The van der Waals surface area contributed by atoms with Crippen molar-refractivity contribution >= 4 is 21.7 Å². The highest BCUT2D eigenvalue weighted by atomic mass is 32.2. The Bertz CT molecular complexity index is 964. The van der Waals surface area contributed by atoms with E-state index in [0.29, 0.717) is 17.6 Å². The summed E-state index contributed by atoms with van der Waals surface area (Å²) in [5, 5.41) is 11.6. The third kappa shape index (κ3) is 6.98. The Morgan fingerprint density at radius 2 is 1.87 bits per heavy atom. The lowest BCUT2D eigenvalue weighted by Gasteiger charge is -2.14. The summed E-state index contributed by atoms with van der Waals surface area (Å²) < 4.78 is 28.8. The second-order valence-corrected chi connectivity index (χ2v) is 9.85. The molecule has 2 rings (SSSR count). The first-order valence-corrected chi connectivity index (χ1v) is 11.7. The highest BCUT2D eigenvalue weighted by Crippen LogP contribution is 2.23. The molecule has 1 unspecified atom stereocenters. The summed E-state index contributed by atoms with van der Waals surface area (Å²) in [6, 6.07) is 6.71. The first kappa shape index (κ1) is 23.6. The number of hydrogen-bond acceptors (Lipinski definition) is 6. The number of rotatable bonds is 11. The van der Waals surface area contributed by atoms with Gasteiger partial charge in [0.05, 0.1) is 11.9 Å². The lowest BCUT2D eigenvalue weighted by atomic mass is 10.0. The first-order valence-electron chi connectivity index (χ1n) is 9.89. The van der Waals surface area contributed by atoms with Gasteiger partial charge in [0.25, 0.3) is 0 Å². The summed E-state index contributed by atoms with van der Waals surface area (Å²) in [6.07, 6.45) is 1.60. The van der Waals surface area contributed by atoms with Gasteiger partial charge in [-0.25, -0.2) is 18.2 Å². The molecule has 0 spiro atoms. The maximum Gasteiger partial charge on any atom is 0.326 e. The lowest BCUT2D eigenvalue weighted by Crippen LogP contribution is -2.42. The average molecular weight is 437 g/mol. The second kappa shape index (κ2) is 10.4. The van der Waals surface area contributed by atoms with Crippen molar-refractivity contribution in [2.45, 2.75) is 52.0 Å². The second-order valence-electron chi connectivity index (χ2n) is 7.38. The molecule has 30 heavy (non-hydrogen) atoms. The summed E-state index contributed by atoms with van der Waals surface area (Å²) in [4.78, 5) is 27.6. The predicted octanol–water partition coefficient (Wildman–Crippen LogP) is 2.79. The van der Waals surface area contributed by atoms with Crippen molar-refractivity contribution in [1.29, 1.82) is 0 Å². The van der Waals surface area contributed by atoms with Gasteiger partial charge in [-0.15, -0.1) is 0 Å². The minimum absolute atomic E-state index is 0.0173. The van der Waals surface area contributed by atoms with E-state index >= 15 is 0 Å². The molecule has 2 aromatic rings. The smallest absolute Gasteiger partial charge is 0.326 e. The molecular weight excluding hydrogens is 408 g/mol. The molecule has 0 saturated heterocycles. The van der Waals surface area contributed by atoms with E-state index in [4.69, 9.17) is 4.42 Å². The summed E-state index contributed by atoms with van der Waals surface area (Å²) in [5.74, 6) is -0.739. The third-order valence-electron chi connectivity index (χ3n) is 4.77. The fourth-order valence-electron chi connectivity index (χ4n) is 2.78. The van der Waals surface area contributed by atoms with Crippen molar-refractivity contribution in [1.82, 2.24) is 10.3 Å². The number of nitrogens with one attached hydrogen (secondary N) is 1. The molecule has 1 amide bonds. The van der Waals surface area contributed by atoms with Crippen LogP contribution in [0.4, 0.5) is 0 Å². The number of hydrogen-bond donors (Lipinski definition) is 2. The van der Waals surface area contributed by atoms with Crippen molar-refractivity contribution in [3.05, 3.63) is 41.9 Å². The van der Waals surface area contributed by atoms with Crippen LogP contribution in [0.25, 0.3) is 11.3 Å². The number of nitrogens with zero attached hydrogens (tertiary/aromatic N) is 1. The highest BCUT2D eigenvalue weighted by molar-refractivity contribution is 7.91. The number of benzene rings is 1. The van der Waals surface area contributed by atoms with Crippen LogP contribution in [0.2, 0.25) is 0 Å². The highest BCUT2D eigenvalue weighted by Gasteiger charge is 2.22. The number of aliphatic carboxylic acids is 1. The maximum atomic E-state index is 12.1. The molecule has 0 radical (unpaired) electrons. The van der Waals surface area contributed by atoms with Crippen LogP contribution < -0.4 is 5.32 Å². The Morgan fingerprint density at radius 3 is 2.43 bits per heavy atom. The van der Waals surface area contributed by atoms with Crippen molar-refractivity contribution in [3.8, 4) is 11.3 Å². The Balaban J connectivity index is 1.90. The van der Waals surface area contributed by atoms with Gasteiger partial charge in [0.2, 0.25) is 5.91 Å². The summed E-state index contributed by atoms with van der Waals surface area (Å²) in [7, 11) is -3.31. The van der Waals surface area contributed by atoms with Crippen LogP contribution in [0.1, 0.15) is 51.0 Å². The summed E-state index contributed by atoms with van der Waals surface area (Å²) >= 11 is 0. The van der Waals surface area contributed by atoms with Gasteiger partial charge < -0.3 is 14.8 Å². The quantitative estimate of drug-likeness (QED) is 0.554. The number of carboxylic acid groups (broad SMARTS) is 1. The van der Waals surface area contributed by atoms with E-state index in [2.05, 4.69) is 24.1 Å². The molecule has 0 fully saturated rings. The lowest BCUT2D eigenvalue weighted by molar-refractivity contribution is -0.141. The Kier molecular flexibility index (Phi) is 8.16. The molecule has 0 bridgehead atoms. The van der Waals surface area contributed by atoms with Gasteiger partial charge in [0.1, 0.15) is 15.9 Å². The molecule has 9 heteroatoms. The molecule has 0 aliphatic carbocycles. The fraction of sp³-hybridized carbons (Fsp3) is 0.476.